The zero-order valence-corrected chi connectivity index (χ0v) is 14.3. The number of hydrogen-bond donors (Lipinski definition) is 2. The molecule has 0 heterocycles. The normalized spacial score (nSPS) is 12.2. The molecule has 5 heteroatoms. The number of alkyl halides is 3. The van der Waals surface area contributed by atoms with Crippen LogP contribution in [-0.4, -0.2) is 5.11 Å². The van der Waals surface area contributed by atoms with Gasteiger partial charge in [-0.2, -0.15) is 13.2 Å². The highest BCUT2D eigenvalue weighted by Crippen LogP contribution is 2.39. The first-order valence-electron chi connectivity index (χ1n) is 7.76. The Balaban J connectivity index is 2.70. The molecule has 25 heavy (non-hydrogen) atoms. The molecule has 0 atom stereocenters. The molecule has 2 nitrogen and oxygen atoms in total. The van der Waals surface area contributed by atoms with Gasteiger partial charge in [-0.1, -0.05) is 42.0 Å². The van der Waals surface area contributed by atoms with Crippen LogP contribution in [0.2, 0.25) is 0 Å². The van der Waals surface area contributed by atoms with Gasteiger partial charge in [-0.15, -0.1) is 0 Å². The molecule has 2 rings (SSSR count). The summed E-state index contributed by atoms with van der Waals surface area (Å²) in [5, 5.41) is 10.2. The van der Waals surface area contributed by atoms with E-state index in [1.807, 2.05) is 45.0 Å². The Labute approximate surface area is 145 Å². The smallest absolute Gasteiger partial charge is 0.416 e. The van der Waals surface area contributed by atoms with Crippen LogP contribution < -0.4 is 5.73 Å². The highest BCUT2D eigenvalue weighted by atomic mass is 19.4. The zero-order chi connectivity index (χ0) is 18.8. The average molecular weight is 347 g/mol. The Kier molecular flexibility index (Phi) is 5.26. The van der Waals surface area contributed by atoms with E-state index in [-0.39, 0.29) is 0 Å². The van der Waals surface area contributed by atoms with E-state index in [1.54, 1.807) is 6.08 Å². The van der Waals surface area contributed by atoms with Crippen molar-refractivity contribution in [1.29, 1.82) is 0 Å². The van der Waals surface area contributed by atoms with Crippen LogP contribution >= 0.6 is 0 Å². The minimum Gasteiger partial charge on any atom is -0.507 e. The van der Waals surface area contributed by atoms with E-state index in [0.29, 0.717) is 16.8 Å². The van der Waals surface area contributed by atoms with Gasteiger partial charge in [0.15, 0.2) is 0 Å². The first kappa shape index (κ1) is 18.6. The molecule has 0 amide bonds. The Bertz CT molecular complexity index is 844. The van der Waals surface area contributed by atoms with Gasteiger partial charge in [-0.05, 0) is 44.0 Å². The van der Waals surface area contributed by atoms with Gasteiger partial charge in [0.25, 0.3) is 0 Å². The topological polar surface area (TPSA) is 46.2 Å². The van der Waals surface area contributed by atoms with E-state index in [0.717, 1.165) is 28.8 Å². The summed E-state index contributed by atoms with van der Waals surface area (Å²) in [7, 11) is 0. The van der Waals surface area contributed by atoms with Crippen molar-refractivity contribution in [2.45, 2.75) is 26.9 Å². The van der Waals surface area contributed by atoms with Crippen LogP contribution in [0.1, 0.15) is 43.0 Å². The zero-order valence-electron chi connectivity index (χ0n) is 14.3. The Morgan fingerprint density at radius 3 is 2.08 bits per heavy atom. The molecule has 0 aliphatic heterocycles. The van der Waals surface area contributed by atoms with Crippen LogP contribution in [0.5, 0.6) is 5.75 Å². The first-order chi connectivity index (χ1) is 11.7. The highest BCUT2D eigenvalue weighted by molar-refractivity contribution is 5.89. The monoisotopic (exact) mass is 347 g/mol. The van der Waals surface area contributed by atoms with Crippen LogP contribution in [0, 0.1) is 0 Å². The number of rotatable bonds is 3. The molecule has 0 bridgehead atoms. The first-order valence-corrected chi connectivity index (χ1v) is 7.76. The fraction of sp³-hybridized carbons (Fsp3) is 0.200. The SMILES string of the molecule is C/C=C(/N)c1ccccc1C(=C(C)C)c1ccc(C(F)(F)F)cc1O. The third-order valence-electron chi connectivity index (χ3n) is 3.91. The standard InChI is InChI=1S/C20H20F3NO/c1-4-17(24)14-7-5-6-8-15(14)19(12(2)3)16-10-9-13(11-18(16)25)20(21,22)23/h4-11,25H,24H2,1-3H3/b17-4+. The molecule has 0 aromatic heterocycles. The molecule has 0 saturated heterocycles. The van der Waals surface area contributed by atoms with Crippen molar-refractivity contribution in [2.75, 3.05) is 0 Å². The second-order valence-corrected chi connectivity index (χ2v) is 5.89. The van der Waals surface area contributed by atoms with Gasteiger partial charge in [0.2, 0.25) is 0 Å². The molecule has 2 aromatic carbocycles. The molecule has 0 unspecified atom stereocenters. The number of nitrogens with two attached hydrogens (primary N) is 1. The van der Waals surface area contributed by atoms with Crippen molar-refractivity contribution in [2.24, 2.45) is 5.73 Å². The summed E-state index contributed by atoms with van der Waals surface area (Å²) in [5.41, 5.74) is 9.10. The number of aromatic hydroxyl groups is 1. The van der Waals surface area contributed by atoms with Gasteiger partial charge in [-0.3, -0.25) is 0 Å². The molecule has 0 aliphatic rings. The molecule has 0 spiro atoms. The maximum Gasteiger partial charge on any atom is 0.416 e. The number of hydrogen-bond acceptors (Lipinski definition) is 2. The fourth-order valence-corrected chi connectivity index (χ4v) is 2.71. The minimum atomic E-state index is -4.51. The van der Waals surface area contributed by atoms with E-state index < -0.39 is 17.5 Å². The van der Waals surface area contributed by atoms with E-state index in [2.05, 4.69) is 0 Å². The molecule has 132 valence electrons. The second-order valence-electron chi connectivity index (χ2n) is 5.89. The summed E-state index contributed by atoms with van der Waals surface area (Å²) in [6.45, 7) is 5.49. The van der Waals surface area contributed by atoms with Gasteiger partial charge in [0, 0.05) is 16.8 Å². The van der Waals surface area contributed by atoms with Crippen LogP contribution in [0.3, 0.4) is 0 Å². The summed E-state index contributed by atoms with van der Waals surface area (Å²) >= 11 is 0. The largest absolute Gasteiger partial charge is 0.507 e. The predicted octanol–water partition coefficient (Wildman–Crippen LogP) is 5.57. The van der Waals surface area contributed by atoms with Crippen LogP contribution in [0.15, 0.2) is 54.1 Å². The number of phenols is 1. The van der Waals surface area contributed by atoms with Gasteiger partial charge in [0.05, 0.1) is 5.56 Å². The summed E-state index contributed by atoms with van der Waals surface area (Å²) in [6.07, 6.45) is -2.75. The van der Waals surface area contributed by atoms with Crippen molar-refractivity contribution in [3.8, 4) is 5.75 Å². The average Bonchev–Trinajstić information content (AvgIpc) is 2.55. The van der Waals surface area contributed by atoms with Crippen molar-refractivity contribution < 1.29 is 18.3 Å². The number of allylic oxidation sites excluding steroid dienone is 2. The summed E-state index contributed by atoms with van der Waals surface area (Å²) in [5.74, 6) is -0.417. The van der Waals surface area contributed by atoms with E-state index >= 15 is 0 Å². The molecule has 0 radical (unpaired) electrons. The van der Waals surface area contributed by atoms with Gasteiger partial charge in [-0.25, -0.2) is 0 Å². The Morgan fingerprint density at radius 1 is 1.00 bits per heavy atom. The minimum absolute atomic E-state index is 0.337. The predicted molar refractivity (Wildman–Crippen MR) is 94.8 cm³/mol. The molecule has 3 N–H and O–H groups in total. The number of benzene rings is 2. The molecule has 0 fully saturated rings. The maximum absolute atomic E-state index is 12.9. The van der Waals surface area contributed by atoms with Gasteiger partial charge in [0.1, 0.15) is 5.75 Å². The Morgan fingerprint density at radius 2 is 1.60 bits per heavy atom. The Hall–Kier alpha value is -2.69. The fourth-order valence-electron chi connectivity index (χ4n) is 2.71. The van der Waals surface area contributed by atoms with Crippen molar-refractivity contribution in [1.82, 2.24) is 0 Å². The van der Waals surface area contributed by atoms with Gasteiger partial charge >= 0.3 is 6.18 Å². The molecular formula is C20H20F3NO. The molecule has 0 saturated carbocycles. The van der Waals surface area contributed by atoms with E-state index in [9.17, 15) is 18.3 Å². The van der Waals surface area contributed by atoms with E-state index in [1.165, 1.54) is 6.07 Å². The molecule has 2 aromatic rings. The maximum atomic E-state index is 12.9. The summed E-state index contributed by atoms with van der Waals surface area (Å²) in [6, 6.07) is 10.4. The number of halogens is 3. The lowest BCUT2D eigenvalue weighted by atomic mass is 9.88. The lowest BCUT2D eigenvalue weighted by Crippen LogP contribution is -2.06. The lowest BCUT2D eigenvalue weighted by Gasteiger charge is -2.18. The quantitative estimate of drug-likeness (QED) is 0.762. The number of phenolic OH excluding ortho intramolecular Hbond substituents is 1. The van der Waals surface area contributed by atoms with Crippen molar-refractivity contribution in [3.63, 3.8) is 0 Å². The third kappa shape index (κ3) is 3.87. The summed E-state index contributed by atoms with van der Waals surface area (Å²) in [4.78, 5) is 0. The second kappa shape index (κ2) is 7.05. The molecule has 0 aliphatic carbocycles. The lowest BCUT2D eigenvalue weighted by molar-refractivity contribution is -0.137. The van der Waals surface area contributed by atoms with Crippen molar-refractivity contribution in [3.05, 3.63) is 76.4 Å². The van der Waals surface area contributed by atoms with E-state index in [4.69, 9.17) is 5.73 Å². The van der Waals surface area contributed by atoms with Crippen LogP contribution in [0.25, 0.3) is 11.3 Å². The van der Waals surface area contributed by atoms with Crippen LogP contribution in [0.4, 0.5) is 13.2 Å². The van der Waals surface area contributed by atoms with Crippen molar-refractivity contribution >= 4 is 11.3 Å². The highest BCUT2D eigenvalue weighted by Gasteiger charge is 2.31. The van der Waals surface area contributed by atoms with Gasteiger partial charge < -0.3 is 10.8 Å². The third-order valence-corrected chi connectivity index (χ3v) is 3.91. The molecular weight excluding hydrogens is 327 g/mol. The summed E-state index contributed by atoms with van der Waals surface area (Å²) < 4.78 is 38.6. The van der Waals surface area contributed by atoms with Crippen LogP contribution in [-0.2, 0) is 6.18 Å².